The van der Waals surface area contributed by atoms with Crippen molar-refractivity contribution in [2.45, 2.75) is 0 Å². The first kappa shape index (κ1) is 13.9. The van der Waals surface area contributed by atoms with Crippen molar-refractivity contribution in [2.24, 2.45) is 0 Å². The molecule has 5 nitrogen and oxygen atoms in total. The van der Waals surface area contributed by atoms with Crippen molar-refractivity contribution in [2.75, 3.05) is 11.1 Å². The molecule has 0 aliphatic rings. The molecule has 0 saturated carbocycles. The van der Waals surface area contributed by atoms with Crippen LogP contribution in [0.4, 0.5) is 11.5 Å². The summed E-state index contributed by atoms with van der Waals surface area (Å²) in [6.45, 7) is 0. The summed E-state index contributed by atoms with van der Waals surface area (Å²) < 4.78 is 6.36. The molecule has 2 aromatic heterocycles. The molecule has 2 heterocycles. The Bertz CT molecular complexity index is 830. The average Bonchev–Trinajstić information content (AvgIpc) is 2.79. The molecule has 0 aliphatic carbocycles. The summed E-state index contributed by atoms with van der Waals surface area (Å²) >= 11 is 9.09. The molecule has 1 amide bonds. The second kappa shape index (κ2) is 5.38. The topological polar surface area (TPSA) is 81.2 Å². The number of nitrogens with two attached hydrogens (primary N) is 1. The molecule has 0 atom stereocenters. The van der Waals surface area contributed by atoms with Crippen LogP contribution in [0.5, 0.6) is 0 Å². The predicted octanol–water partition coefficient (Wildman–Crippen LogP) is 4.08. The molecule has 3 aromatic rings. The van der Waals surface area contributed by atoms with E-state index >= 15 is 0 Å². The van der Waals surface area contributed by atoms with Gasteiger partial charge in [-0.25, -0.2) is 4.98 Å². The van der Waals surface area contributed by atoms with Gasteiger partial charge in [0.25, 0.3) is 5.91 Å². The van der Waals surface area contributed by atoms with E-state index in [2.05, 4.69) is 26.2 Å². The average molecular weight is 367 g/mol. The number of amides is 1. The Hall–Kier alpha value is -2.05. The highest BCUT2D eigenvalue weighted by Gasteiger charge is 2.19. The fourth-order valence-electron chi connectivity index (χ4n) is 1.88. The van der Waals surface area contributed by atoms with Crippen molar-refractivity contribution >= 4 is 55.9 Å². The van der Waals surface area contributed by atoms with Crippen molar-refractivity contribution in [3.8, 4) is 0 Å². The van der Waals surface area contributed by atoms with Crippen LogP contribution in [-0.2, 0) is 0 Å². The summed E-state index contributed by atoms with van der Waals surface area (Å²) in [6, 6.07) is 8.57. The maximum absolute atomic E-state index is 12.2. The second-order valence-corrected chi connectivity index (χ2v) is 5.65. The third-order valence-corrected chi connectivity index (χ3v) is 3.58. The molecule has 0 spiro atoms. The molecule has 0 radical (unpaired) electrons. The molecule has 0 aliphatic heterocycles. The number of nitrogens with one attached hydrogen (secondary N) is 1. The first-order chi connectivity index (χ1) is 10.0. The Morgan fingerprint density at radius 2 is 2.14 bits per heavy atom. The van der Waals surface area contributed by atoms with Crippen LogP contribution in [0.25, 0.3) is 11.0 Å². The number of nitrogens with zero attached hydrogens (tertiary/aromatic N) is 1. The van der Waals surface area contributed by atoms with Crippen molar-refractivity contribution < 1.29 is 9.21 Å². The van der Waals surface area contributed by atoms with Gasteiger partial charge >= 0.3 is 0 Å². The molecule has 7 heteroatoms. The number of carbonyl (C=O) groups is 1. The number of hydrogen-bond acceptors (Lipinski definition) is 4. The molecule has 1 aromatic carbocycles. The van der Waals surface area contributed by atoms with E-state index in [1.165, 1.54) is 6.20 Å². The third kappa shape index (κ3) is 2.72. The Morgan fingerprint density at radius 1 is 1.33 bits per heavy atom. The van der Waals surface area contributed by atoms with Gasteiger partial charge in [-0.3, -0.25) is 4.79 Å². The zero-order valence-electron chi connectivity index (χ0n) is 10.6. The quantitative estimate of drug-likeness (QED) is 0.716. The van der Waals surface area contributed by atoms with Gasteiger partial charge in [-0.2, -0.15) is 0 Å². The number of rotatable bonds is 2. The fraction of sp³-hybridized carbons (Fsp3) is 0. The number of aromatic nitrogens is 1. The van der Waals surface area contributed by atoms with Crippen LogP contribution in [0.1, 0.15) is 10.6 Å². The van der Waals surface area contributed by atoms with E-state index < -0.39 is 5.91 Å². The number of anilines is 2. The highest BCUT2D eigenvalue weighted by atomic mass is 79.9. The summed E-state index contributed by atoms with van der Waals surface area (Å²) in [5.41, 5.74) is 6.81. The number of furan rings is 1. The molecule has 106 valence electrons. The van der Waals surface area contributed by atoms with Gasteiger partial charge in [-0.05, 0) is 30.3 Å². The summed E-state index contributed by atoms with van der Waals surface area (Å²) in [6.07, 6.45) is 1.44. The molecule has 3 N–H and O–H groups in total. The van der Waals surface area contributed by atoms with Crippen LogP contribution < -0.4 is 11.1 Å². The minimum atomic E-state index is -0.463. The van der Waals surface area contributed by atoms with Crippen LogP contribution in [-0.4, -0.2) is 10.9 Å². The van der Waals surface area contributed by atoms with E-state index in [0.717, 1.165) is 4.47 Å². The lowest BCUT2D eigenvalue weighted by Crippen LogP contribution is -2.13. The van der Waals surface area contributed by atoms with Crippen LogP contribution in [0.15, 0.2) is 45.4 Å². The molecular weight excluding hydrogens is 358 g/mol. The van der Waals surface area contributed by atoms with Crippen molar-refractivity contribution in [1.29, 1.82) is 0 Å². The van der Waals surface area contributed by atoms with Crippen molar-refractivity contribution in [1.82, 2.24) is 4.98 Å². The van der Waals surface area contributed by atoms with Gasteiger partial charge in [-0.1, -0.05) is 27.5 Å². The fourth-order valence-corrected chi connectivity index (χ4v) is 2.35. The monoisotopic (exact) mass is 365 g/mol. The lowest BCUT2D eigenvalue weighted by atomic mass is 10.2. The molecular formula is C14H9BrClN3O2. The second-order valence-electron chi connectivity index (χ2n) is 4.30. The Balaban J connectivity index is 1.94. The summed E-state index contributed by atoms with van der Waals surface area (Å²) in [5, 5.41) is 3.77. The first-order valence-electron chi connectivity index (χ1n) is 5.95. The third-order valence-electron chi connectivity index (χ3n) is 2.86. The predicted molar refractivity (Wildman–Crippen MR) is 85.5 cm³/mol. The van der Waals surface area contributed by atoms with E-state index in [4.69, 9.17) is 21.8 Å². The largest absolute Gasteiger partial charge is 0.449 e. The molecule has 0 fully saturated rings. The standard InChI is InChI=1S/C14H9BrClN3O2/c15-7-1-3-10-9(5-7)12(17)13(21-10)14(20)19-11-4-2-8(16)6-18-11/h1-6H,17H2,(H,18,19,20). The van der Waals surface area contributed by atoms with Crippen LogP contribution in [0.2, 0.25) is 5.02 Å². The first-order valence-corrected chi connectivity index (χ1v) is 7.12. The number of carbonyl (C=O) groups excluding carboxylic acids is 1. The van der Waals surface area contributed by atoms with Crippen molar-refractivity contribution in [3.63, 3.8) is 0 Å². The van der Waals surface area contributed by atoms with Gasteiger partial charge in [0.1, 0.15) is 11.4 Å². The number of benzene rings is 1. The minimum Gasteiger partial charge on any atom is -0.449 e. The van der Waals surface area contributed by atoms with Crippen LogP contribution in [0.3, 0.4) is 0 Å². The zero-order valence-corrected chi connectivity index (χ0v) is 12.9. The van der Waals surface area contributed by atoms with E-state index in [1.54, 1.807) is 24.3 Å². The van der Waals surface area contributed by atoms with Gasteiger partial charge < -0.3 is 15.5 Å². The number of hydrogen-bond donors (Lipinski definition) is 2. The van der Waals surface area contributed by atoms with Gasteiger partial charge in [0, 0.05) is 16.1 Å². The maximum Gasteiger partial charge on any atom is 0.294 e. The van der Waals surface area contributed by atoms with Gasteiger partial charge in [-0.15, -0.1) is 0 Å². The van der Waals surface area contributed by atoms with E-state index in [-0.39, 0.29) is 11.4 Å². The SMILES string of the molecule is Nc1c(C(=O)Nc2ccc(Cl)cn2)oc2ccc(Br)cc12. The van der Waals surface area contributed by atoms with Crippen molar-refractivity contribution in [3.05, 3.63) is 51.8 Å². The Labute approximate surface area is 133 Å². The number of halogens is 2. The highest BCUT2D eigenvalue weighted by Crippen LogP contribution is 2.31. The molecule has 21 heavy (non-hydrogen) atoms. The van der Waals surface area contributed by atoms with Crippen LogP contribution in [0, 0.1) is 0 Å². The zero-order chi connectivity index (χ0) is 15.0. The smallest absolute Gasteiger partial charge is 0.294 e. The maximum atomic E-state index is 12.2. The lowest BCUT2D eigenvalue weighted by molar-refractivity contribution is 0.0999. The van der Waals surface area contributed by atoms with E-state index in [1.807, 2.05) is 6.07 Å². The van der Waals surface area contributed by atoms with Gasteiger partial charge in [0.15, 0.2) is 0 Å². The Kier molecular flexibility index (Phi) is 3.57. The summed E-state index contributed by atoms with van der Waals surface area (Å²) in [4.78, 5) is 16.2. The Morgan fingerprint density at radius 3 is 2.86 bits per heavy atom. The van der Waals surface area contributed by atoms with Gasteiger partial charge in [0.05, 0.1) is 10.7 Å². The van der Waals surface area contributed by atoms with E-state index in [9.17, 15) is 4.79 Å². The minimum absolute atomic E-state index is 0.0554. The molecule has 0 saturated heterocycles. The summed E-state index contributed by atoms with van der Waals surface area (Å²) in [7, 11) is 0. The number of pyridine rings is 1. The van der Waals surface area contributed by atoms with E-state index in [0.29, 0.717) is 21.8 Å². The lowest BCUT2D eigenvalue weighted by Gasteiger charge is -2.02. The molecule has 0 unspecified atom stereocenters. The number of nitrogen functional groups attached to an aromatic ring is 1. The number of fused-ring (bicyclic) bond motifs is 1. The van der Waals surface area contributed by atoms with Gasteiger partial charge in [0.2, 0.25) is 5.76 Å². The molecule has 3 rings (SSSR count). The van der Waals surface area contributed by atoms with Crippen LogP contribution >= 0.6 is 27.5 Å². The normalized spacial score (nSPS) is 10.8. The molecule has 0 bridgehead atoms. The summed E-state index contributed by atoms with van der Waals surface area (Å²) in [5.74, 6) is -0.0417. The highest BCUT2D eigenvalue weighted by molar-refractivity contribution is 9.10.